The molecule has 1 aliphatic heterocycles. The monoisotopic (exact) mass is 347 g/mol. The number of benzene rings is 1. The minimum atomic E-state index is -0.999. The Kier molecular flexibility index (Phi) is 4.75. The van der Waals surface area contributed by atoms with Crippen LogP contribution in [-0.4, -0.2) is 68.1 Å². The molecular weight excluding hydrogens is 329 g/mol. The van der Waals surface area contributed by atoms with E-state index < -0.39 is 12.0 Å². The van der Waals surface area contributed by atoms with Gasteiger partial charge in [0, 0.05) is 26.2 Å². The summed E-state index contributed by atoms with van der Waals surface area (Å²) in [6.45, 7) is 3.15. The highest BCUT2D eigenvalue weighted by Gasteiger charge is 2.32. The SMILES string of the molecule is Cc1cc(C(C(=O)O)N2CCN(C(=O)c3ncn[nH]3)CC2)ccc1F. The summed E-state index contributed by atoms with van der Waals surface area (Å²) in [6.07, 6.45) is 1.26. The largest absolute Gasteiger partial charge is 0.480 e. The molecule has 2 N–H and O–H groups in total. The summed E-state index contributed by atoms with van der Waals surface area (Å²) in [5.74, 6) is -1.46. The molecular formula is C16H18FN5O3. The number of halogens is 1. The van der Waals surface area contributed by atoms with Crippen molar-refractivity contribution in [3.8, 4) is 0 Å². The highest BCUT2D eigenvalue weighted by Crippen LogP contribution is 2.24. The Balaban J connectivity index is 1.71. The zero-order chi connectivity index (χ0) is 18.0. The first kappa shape index (κ1) is 17.0. The molecule has 1 atom stereocenters. The van der Waals surface area contributed by atoms with Gasteiger partial charge in [0.1, 0.15) is 18.2 Å². The van der Waals surface area contributed by atoms with Gasteiger partial charge in [-0.15, -0.1) is 0 Å². The first-order chi connectivity index (χ1) is 12.0. The Morgan fingerprint density at radius 2 is 2.00 bits per heavy atom. The predicted octanol–water partition coefficient (Wildman–Crippen LogP) is 0.836. The topological polar surface area (TPSA) is 102 Å². The zero-order valence-corrected chi connectivity index (χ0v) is 13.6. The molecule has 1 fully saturated rings. The number of hydrogen-bond donors (Lipinski definition) is 2. The van der Waals surface area contributed by atoms with E-state index in [9.17, 15) is 19.1 Å². The maximum Gasteiger partial charge on any atom is 0.325 e. The lowest BCUT2D eigenvalue weighted by atomic mass is 10.0. The number of amides is 1. The number of carboxylic acid groups (broad SMARTS) is 1. The summed E-state index contributed by atoms with van der Waals surface area (Å²) in [7, 11) is 0. The smallest absolute Gasteiger partial charge is 0.325 e. The highest BCUT2D eigenvalue weighted by atomic mass is 19.1. The molecule has 2 aromatic rings. The third-order valence-corrected chi connectivity index (χ3v) is 4.32. The molecule has 0 saturated carbocycles. The molecule has 1 aromatic carbocycles. The van der Waals surface area contributed by atoms with Crippen molar-refractivity contribution in [1.29, 1.82) is 0 Å². The molecule has 1 saturated heterocycles. The lowest BCUT2D eigenvalue weighted by Gasteiger charge is -2.37. The van der Waals surface area contributed by atoms with Crippen molar-refractivity contribution < 1.29 is 19.1 Å². The van der Waals surface area contributed by atoms with Crippen LogP contribution < -0.4 is 0 Å². The molecule has 132 valence electrons. The number of aryl methyl sites for hydroxylation is 1. The molecule has 1 amide bonds. The quantitative estimate of drug-likeness (QED) is 0.849. The van der Waals surface area contributed by atoms with Crippen LogP contribution in [0.1, 0.15) is 27.8 Å². The van der Waals surface area contributed by atoms with Gasteiger partial charge in [0.05, 0.1) is 0 Å². The number of nitrogens with zero attached hydrogens (tertiary/aromatic N) is 4. The minimum absolute atomic E-state index is 0.164. The number of piperazine rings is 1. The van der Waals surface area contributed by atoms with Crippen LogP contribution in [0.3, 0.4) is 0 Å². The summed E-state index contributed by atoms with van der Waals surface area (Å²) < 4.78 is 13.5. The Bertz CT molecular complexity index is 772. The number of rotatable bonds is 4. The van der Waals surface area contributed by atoms with Gasteiger partial charge in [-0.3, -0.25) is 19.6 Å². The Labute approximate surface area is 143 Å². The fraction of sp³-hybridized carbons (Fsp3) is 0.375. The number of carbonyl (C=O) groups is 2. The molecule has 9 heteroatoms. The highest BCUT2D eigenvalue weighted by molar-refractivity contribution is 5.90. The van der Waals surface area contributed by atoms with Crippen molar-refractivity contribution in [2.45, 2.75) is 13.0 Å². The molecule has 0 spiro atoms. The van der Waals surface area contributed by atoms with Gasteiger partial charge in [-0.25, -0.2) is 9.37 Å². The number of carboxylic acids is 1. The Hall–Kier alpha value is -2.81. The summed E-state index contributed by atoms with van der Waals surface area (Å²) in [5.41, 5.74) is 0.935. The third kappa shape index (κ3) is 3.50. The molecule has 2 heterocycles. The van der Waals surface area contributed by atoms with E-state index in [0.29, 0.717) is 37.3 Å². The average Bonchev–Trinajstić information content (AvgIpc) is 3.12. The molecule has 1 aliphatic rings. The lowest BCUT2D eigenvalue weighted by molar-refractivity contribution is -0.144. The third-order valence-electron chi connectivity index (χ3n) is 4.32. The van der Waals surface area contributed by atoms with E-state index in [2.05, 4.69) is 15.2 Å². The normalized spacial score (nSPS) is 16.6. The van der Waals surface area contributed by atoms with E-state index in [4.69, 9.17) is 0 Å². The molecule has 0 bridgehead atoms. The summed E-state index contributed by atoms with van der Waals surface area (Å²) >= 11 is 0. The molecule has 1 aromatic heterocycles. The second kappa shape index (κ2) is 6.98. The van der Waals surface area contributed by atoms with Crippen molar-refractivity contribution in [2.75, 3.05) is 26.2 Å². The van der Waals surface area contributed by atoms with Gasteiger partial charge in [0.25, 0.3) is 5.91 Å². The number of hydrogen-bond acceptors (Lipinski definition) is 5. The fourth-order valence-corrected chi connectivity index (χ4v) is 2.99. The molecule has 3 rings (SSSR count). The average molecular weight is 347 g/mol. The lowest BCUT2D eigenvalue weighted by Crippen LogP contribution is -2.51. The van der Waals surface area contributed by atoms with E-state index in [1.807, 2.05) is 0 Å². The van der Waals surface area contributed by atoms with E-state index >= 15 is 0 Å². The van der Waals surface area contributed by atoms with E-state index in [0.717, 1.165) is 0 Å². The number of H-pyrrole nitrogens is 1. The van der Waals surface area contributed by atoms with Crippen LogP contribution in [-0.2, 0) is 4.79 Å². The first-order valence-corrected chi connectivity index (χ1v) is 7.85. The van der Waals surface area contributed by atoms with Crippen molar-refractivity contribution >= 4 is 11.9 Å². The number of aromatic amines is 1. The molecule has 8 nitrogen and oxygen atoms in total. The van der Waals surface area contributed by atoms with Crippen LogP contribution in [0.25, 0.3) is 0 Å². The second-order valence-electron chi connectivity index (χ2n) is 5.91. The van der Waals surface area contributed by atoms with E-state index in [-0.39, 0.29) is 17.5 Å². The van der Waals surface area contributed by atoms with Crippen LogP contribution in [0.4, 0.5) is 4.39 Å². The maximum atomic E-state index is 13.5. The molecule has 0 aliphatic carbocycles. The fourth-order valence-electron chi connectivity index (χ4n) is 2.99. The first-order valence-electron chi connectivity index (χ1n) is 7.85. The summed E-state index contributed by atoms with van der Waals surface area (Å²) in [4.78, 5) is 31.2. The standard InChI is InChI=1S/C16H18FN5O3/c1-10-8-11(2-3-12(10)17)13(16(24)25)21-4-6-22(7-5-21)15(23)14-18-9-19-20-14/h2-3,8-9,13H,4-7H2,1H3,(H,24,25)(H,18,19,20). The number of carbonyl (C=O) groups excluding carboxylic acids is 1. The van der Waals surface area contributed by atoms with Gasteiger partial charge in [-0.05, 0) is 24.1 Å². The van der Waals surface area contributed by atoms with Crippen LogP contribution in [0, 0.1) is 12.7 Å². The van der Waals surface area contributed by atoms with Gasteiger partial charge in [-0.1, -0.05) is 12.1 Å². The van der Waals surface area contributed by atoms with Crippen LogP contribution >= 0.6 is 0 Å². The number of nitrogens with one attached hydrogen (secondary N) is 1. The van der Waals surface area contributed by atoms with E-state index in [1.54, 1.807) is 22.8 Å². The zero-order valence-electron chi connectivity index (χ0n) is 13.6. The summed E-state index contributed by atoms with van der Waals surface area (Å²) in [5, 5.41) is 15.8. The van der Waals surface area contributed by atoms with Gasteiger partial charge in [-0.2, -0.15) is 5.10 Å². The van der Waals surface area contributed by atoms with Gasteiger partial charge < -0.3 is 10.0 Å². The van der Waals surface area contributed by atoms with Crippen molar-refractivity contribution in [2.24, 2.45) is 0 Å². The van der Waals surface area contributed by atoms with Crippen molar-refractivity contribution in [1.82, 2.24) is 25.0 Å². The second-order valence-corrected chi connectivity index (χ2v) is 5.91. The maximum absolute atomic E-state index is 13.5. The van der Waals surface area contributed by atoms with Crippen LogP contribution in [0.15, 0.2) is 24.5 Å². The van der Waals surface area contributed by atoms with Crippen molar-refractivity contribution in [3.63, 3.8) is 0 Å². The molecule has 0 radical (unpaired) electrons. The Morgan fingerprint density at radius 1 is 1.28 bits per heavy atom. The van der Waals surface area contributed by atoms with Crippen LogP contribution in [0.5, 0.6) is 0 Å². The van der Waals surface area contributed by atoms with Gasteiger partial charge >= 0.3 is 5.97 Å². The minimum Gasteiger partial charge on any atom is -0.480 e. The van der Waals surface area contributed by atoms with Gasteiger partial charge in [0.15, 0.2) is 0 Å². The van der Waals surface area contributed by atoms with Crippen molar-refractivity contribution in [3.05, 3.63) is 47.3 Å². The Morgan fingerprint density at radius 3 is 2.56 bits per heavy atom. The molecule has 1 unspecified atom stereocenters. The predicted molar refractivity (Wildman–Crippen MR) is 85.4 cm³/mol. The number of aliphatic carboxylic acids is 1. The van der Waals surface area contributed by atoms with E-state index in [1.165, 1.54) is 18.5 Å². The summed E-state index contributed by atoms with van der Waals surface area (Å²) in [6, 6.07) is 3.46. The number of aromatic nitrogens is 3. The molecule has 25 heavy (non-hydrogen) atoms. The van der Waals surface area contributed by atoms with Gasteiger partial charge in [0.2, 0.25) is 5.82 Å². The van der Waals surface area contributed by atoms with Crippen LogP contribution in [0.2, 0.25) is 0 Å².